The summed E-state index contributed by atoms with van der Waals surface area (Å²) in [4.78, 5) is 12.1. The number of hydrogen-bond donors (Lipinski definition) is 0. The van der Waals surface area contributed by atoms with E-state index in [4.69, 9.17) is 14.2 Å². The molecule has 102 valence electrons. The SMILES string of the molecule is COc1ccc(C2CCCCC2=O)c2c1OCCO2. The highest BCUT2D eigenvalue weighted by Gasteiger charge is 2.30. The lowest BCUT2D eigenvalue weighted by Crippen LogP contribution is -2.22. The quantitative estimate of drug-likeness (QED) is 0.822. The molecule has 1 saturated carbocycles. The number of benzene rings is 1. The van der Waals surface area contributed by atoms with Gasteiger partial charge in [-0.1, -0.05) is 12.5 Å². The molecule has 1 atom stereocenters. The van der Waals surface area contributed by atoms with Crippen molar-refractivity contribution >= 4 is 5.78 Å². The maximum atomic E-state index is 12.1. The fraction of sp³-hybridized carbons (Fsp3) is 0.533. The normalized spacial score (nSPS) is 22.2. The molecular weight excluding hydrogens is 244 g/mol. The van der Waals surface area contributed by atoms with Crippen LogP contribution in [0.5, 0.6) is 17.2 Å². The summed E-state index contributed by atoms with van der Waals surface area (Å²) in [5.41, 5.74) is 0.959. The fourth-order valence-corrected chi connectivity index (χ4v) is 2.88. The number of fused-ring (bicyclic) bond motifs is 1. The average molecular weight is 262 g/mol. The summed E-state index contributed by atoms with van der Waals surface area (Å²) in [6.07, 6.45) is 3.68. The minimum atomic E-state index is -0.0462. The second-order valence-electron chi connectivity index (χ2n) is 4.98. The number of methoxy groups -OCH3 is 1. The number of Topliss-reactive ketones (excluding diaryl/α,β-unsaturated/α-hetero) is 1. The van der Waals surface area contributed by atoms with Gasteiger partial charge in [-0.3, -0.25) is 4.79 Å². The zero-order valence-corrected chi connectivity index (χ0v) is 11.1. The third kappa shape index (κ3) is 2.15. The van der Waals surface area contributed by atoms with Crippen LogP contribution >= 0.6 is 0 Å². The Morgan fingerprint density at radius 2 is 1.95 bits per heavy atom. The Kier molecular flexibility index (Phi) is 3.32. The van der Waals surface area contributed by atoms with Crippen LogP contribution in [-0.4, -0.2) is 26.1 Å². The first-order chi connectivity index (χ1) is 9.31. The van der Waals surface area contributed by atoms with Gasteiger partial charge in [0.25, 0.3) is 0 Å². The van der Waals surface area contributed by atoms with Crippen molar-refractivity contribution in [3.8, 4) is 17.2 Å². The number of carbonyl (C=O) groups excluding carboxylic acids is 1. The lowest BCUT2D eigenvalue weighted by molar-refractivity contribution is -0.121. The average Bonchev–Trinajstić information content (AvgIpc) is 2.47. The molecule has 1 heterocycles. The predicted octanol–water partition coefficient (Wildman–Crippen LogP) is 2.69. The molecule has 0 saturated heterocycles. The first kappa shape index (κ1) is 12.3. The van der Waals surface area contributed by atoms with Gasteiger partial charge in [0.05, 0.1) is 7.11 Å². The summed E-state index contributed by atoms with van der Waals surface area (Å²) in [5.74, 6) is 2.28. The van der Waals surface area contributed by atoms with Gasteiger partial charge in [0.2, 0.25) is 5.75 Å². The van der Waals surface area contributed by atoms with Crippen molar-refractivity contribution in [1.29, 1.82) is 0 Å². The second-order valence-corrected chi connectivity index (χ2v) is 4.98. The smallest absolute Gasteiger partial charge is 0.203 e. The van der Waals surface area contributed by atoms with Gasteiger partial charge in [-0.2, -0.15) is 0 Å². The Hall–Kier alpha value is -1.71. The Morgan fingerprint density at radius 3 is 2.68 bits per heavy atom. The Bertz CT molecular complexity index is 495. The van der Waals surface area contributed by atoms with E-state index in [9.17, 15) is 4.79 Å². The number of ether oxygens (including phenoxy) is 3. The van der Waals surface area contributed by atoms with Gasteiger partial charge in [0, 0.05) is 17.9 Å². The maximum Gasteiger partial charge on any atom is 0.203 e. The van der Waals surface area contributed by atoms with Gasteiger partial charge < -0.3 is 14.2 Å². The summed E-state index contributed by atoms with van der Waals surface area (Å²) in [5, 5.41) is 0. The van der Waals surface area contributed by atoms with Crippen LogP contribution in [0.25, 0.3) is 0 Å². The first-order valence-corrected chi connectivity index (χ1v) is 6.80. The third-order valence-electron chi connectivity index (χ3n) is 3.83. The molecule has 0 amide bonds. The zero-order valence-electron chi connectivity index (χ0n) is 11.1. The van der Waals surface area contributed by atoms with E-state index in [0.717, 1.165) is 24.8 Å². The summed E-state index contributed by atoms with van der Waals surface area (Å²) in [7, 11) is 1.61. The van der Waals surface area contributed by atoms with Crippen molar-refractivity contribution in [1.82, 2.24) is 0 Å². The minimum absolute atomic E-state index is 0.0462. The highest BCUT2D eigenvalue weighted by molar-refractivity contribution is 5.87. The molecule has 2 aliphatic rings. The van der Waals surface area contributed by atoms with Gasteiger partial charge in [-0.05, 0) is 18.9 Å². The van der Waals surface area contributed by atoms with Crippen molar-refractivity contribution in [2.24, 2.45) is 0 Å². The number of ketones is 1. The van der Waals surface area contributed by atoms with E-state index in [1.165, 1.54) is 0 Å². The predicted molar refractivity (Wildman–Crippen MR) is 70.2 cm³/mol. The molecule has 0 bridgehead atoms. The van der Waals surface area contributed by atoms with E-state index >= 15 is 0 Å². The number of carbonyl (C=O) groups is 1. The standard InChI is InChI=1S/C15H18O4/c1-17-13-7-6-11(10-4-2-3-5-12(10)16)14-15(13)19-9-8-18-14/h6-7,10H,2-5,8-9H2,1H3. The maximum absolute atomic E-state index is 12.1. The van der Waals surface area contributed by atoms with Crippen LogP contribution in [0.15, 0.2) is 12.1 Å². The highest BCUT2D eigenvalue weighted by atomic mass is 16.6. The Morgan fingerprint density at radius 1 is 1.16 bits per heavy atom. The Labute approximate surface area is 112 Å². The second kappa shape index (κ2) is 5.11. The van der Waals surface area contributed by atoms with Crippen molar-refractivity contribution in [3.05, 3.63) is 17.7 Å². The van der Waals surface area contributed by atoms with Crippen LogP contribution in [0.3, 0.4) is 0 Å². The van der Waals surface area contributed by atoms with Gasteiger partial charge >= 0.3 is 0 Å². The van der Waals surface area contributed by atoms with Crippen LogP contribution in [0.2, 0.25) is 0 Å². The summed E-state index contributed by atoms with van der Waals surface area (Å²) < 4.78 is 16.7. The minimum Gasteiger partial charge on any atom is -0.493 e. The molecule has 3 rings (SSSR count). The lowest BCUT2D eigenvalue weighted by atomic mass is 9.82. The molecule has 19 heavy (non-hydrogen) atoms. The van der Waals surface area contributed by atoms with Gasteiger partial charge in [-0.25, -0.2) is 0 Å². The molecule has 0 radical (unpaired) electrons. The molecule has 1 aromatic rings. The van der Waals surface area contributed by atoms with Gasteiger partial charge in [0.1, 0.15) is 19.0 Å². The molecule has 0 spiro atoms. The molecule has 1 aliphatic heterocycles. The van der Waals surface area contributed by atoms with Crippen LogP contribution in [0.4, 0.5) is 0 Å². The van der Waals surface area contributed by atoms with Crippen molar-refractivity contribution in [2.75, 3.05) is 20.3 Å². The topological polar surface area (TPSA) is 44.8 Å². The molecular formula is C15H18O4. The summed E-state index contributed by atoms with van der Waals surface area (Å²) in [6, 6.07) is 3.81. The lowest BCUT2D eigenvalue weighted by Gasteiger charge is -2.27. The van der Waals surface area contributed by atoms with Gasteiger partial charge in [-0.15, -0.1) is 0 Å². The molecule has 1 aliphatic carbocycles. The Balaban J connectivity index is 2.03. The van der Waals surface area contributed by atoms with Crippen LogP contribution in [-0.2, 0) is 4.79 Å². The summed E-state index contributed by atoms with van der Waals surface area (Å²) >= 11 is 0. The molecule has 0 aromatic heterocycles. The van der Waals surface area contributed by atoms with Gasteiger partial charge in [0.15, 0.2) is 11.5 Å². The van der Waals surface area contributed by atoms with Crippen molar-refractivity contribution in [3.63, 3.8) is 0 Å². The molecule has 1 fully saturated rings. The number of hydrogen-bond acceptors (Lipinski definition) is 4. The van der Waals surface area contributed by atoms with Crippen molar-refractivity contribution < 1.29 is 19.0 Å². The van der Waals surface area contributed by atoms with E-state index in [2.05, 4.69) is 0 Å². The molecule has 1 unspecified atom stereocenters. The zero-order chi connectivity index (χ0) is 13.2. The highest BCUT2D eigenvalue weighted by Crippen LogP contribution is 2.46. The third-order valence-corrected chi connectivity index (χ3v) is 3.83. The van der Waals surface area contributed by atoms with Crippen LogP contribution in [0, 0.1) is 0 Å². The van der Waals surface area contributed by atoms with E-state index in [0.29, 0.717) is 42.7 Å². The van der Waals surface area contributed by atoms with Crippen LogP contribution < -0.4 is 14.2 Å². The molecule has 1 aromatic carbocycles. The largest absolute Gasteiger partial charge is 0.493 e. The first-order valence-electron chi connectivity index (χ1n) is 6.80. The fourth-order valence-electron chi connectivity index (χ4n) is 2.88. The molecule has 4 heteroatoms. The summed E-state index contributed by atoms with van der Waals surface area (Å²) in [6.45, 7) is 1.04. The van der Waals surface area contributed by atoms with Crippen LogP contribution in [0.1, 0.15) is 37.2 Å². The monoisotopic (exact) mass is 262 g/mol. The molecule has 4 nitrogen and oxygen atoms in total. The number of rotatable bonds is 2. The van der Waals surface area contributed by atoms with Crippen molar-refractivity contribution in [2.45, 2.75) is 31.6 Å². The van der Waals surface area contributed by atoms with E-state index in [1.54, 1.807) is 7.11 Å². The van der Waals surface area contributed by atoms with E-state index in [1.807, 2.05) is 12.1 Å². The van der Waals surface area contributed by atoms with E-state index < -0.39 is 0 Å². The van der Waals surface area contributed by atoms with E-state index in [-0.39, 0.29) is 5.92 Å². The molecule has 0 N–H and O–H groups in total.